The topological polar surface area (TPSA) is 41.5 Å². The Bertz CT molecular complexity index is 361. The molecule has 2 unspecified atom stereocenters. The molecule has 15 heavy (non-hydrogen) atoms. The van der Waals surface area contributed by atoms with Crippen LogP contribution in [0.25, 0.3) is 0 Å². The molecule has 0 aromatic heterocycles. The van der Waals surface area contributed by atoms with Gasteiger partial charge in [0.1, 0.15) is 0 Å². The van der Waals surface area contributed by atoms with Gasteiger partial charge in [0.25, 0.3) is 0 Å². The average molecular weight is 293 g/mol. The van der Waals surface area contributed by atoms with Crippen molar-refractivity contribution in [3.63, 3.8) is 0 Å². The summed E-state index contributed by atoms with van der Waals surface area (Å²) in [6.45, 7) is 0.888. The molecule has 1 aliphatic heterocycles. The molecule has 1 fully saturated rings. The first-order valence-corrected chi connectivity index (χ1v) is 5.81. The minimum atomic E-state index is -0.468. The highest BCUT2D eigenvalue weighted by Crippen LogP contribution is 2.27. The second kappa shape index (κ2) is 4.70. The minimum Gasteiger partial charge on any atom is -0.388 e. The molecule has 0 bridgehead atoms. The van der Waals surface area contributed by atoms with Gasteiger partial charge >= 0.3 is 0 Å². The van der Waals surface area contributed by atoms with Gasteiger partial charge in [0.15, 0.2) is 0 Å². The van der Waals surface area contributed by atoms with Crippen molar-refractivity contribution in [2.24, 2.45) is 0 Å². The Morgan fingerprint density at radius 1 is 1.47 bits per heavy atom. The van der Waals surface area contributed by atoms with Crippen molar-refractivity contribution in [1.29, 1.82) is 0 Å². The van der Waals surface area contributed by atoms with Crippen molar-refractivity contribution in [2.75, 3.05) is 18.5 Å². The van der Waals surface area contributed by atoms with Gasteiger partial charge in [0, 0.05) is 4.47 Å². The summed E-state index contributed by atoms with van der Waals surface area (Å²) >= 11 is 9.38. The molecular weight excluding hydrogens is 281 g/mol. The van der Waals surface area contributed by atoms with Crippen LogP contribution in [0.1, 0.15) is 0 Å². The van der Waals surface area contributed by atoms with E-state index in [9.17, 15) is 5.11 Å². The molecule has 2 N–H and O–H groups in total. The lowest BCUT2D eigenvalue weighted by molar-refractivity contribution is 0.125. The van der Waals surface area contributed by atoms with Crippen LogP contribution in [0.4, 0.5) is 5.69 Å². The van der Waals surface area contributed by atoms with Gasteiger partial charge in [0.2, 0.25) is 0 Å². The number of halogens is 2. The van der Waals surface area contributed by atoms with Gasteiger partial charge in [-0.05, 0) is 18.2 Å². The van der Waals surface area contributed by atoms with E-state index in [1.807, 2.05) is 18.2 Å². The zero-order valence-corrected chi connectivity index (χ0v) is 10.3. The molecule has 82 valence electrons. The van der Waals surface area contributed by atoms with Crippen LogP contribution in [0.15, 0.2) is 22.7 Å². The van der Waals surface area contributed by atoms with Gasteiger partial charge in [-0.3, -0.25) is 0 Å². The lowest BCUT2D eigenvalue weighted by Crippen LogP contribution is -2.31. The van der Waals surface area contributed by atoms with Crippen LogP contribution >= 0.6 is 27.5 Å². The number of rotatable bonds is 2. The maximum Gasteiger partial charge on any atom is 0.0996 e. The summed E-state index contributed by atoms with van der Waals surface area (Å²) in [7, 11) is 0. The largest absolute Gasteiger partial charge is 0.388 e. The predicted octanol–water partition coefficient (Wildman–Crippen LogP) is 2.27. The van der Waals surface area contributed by atoms with E-state index in [0.29, 0.717) is 18.2 Å². The fourth-order valence-corrected chi connectivity index (χ4v) is 2.22. The van der Waals surface area contributed by atoms with E-state index < -0.39 is 6.10 Å². The van der Waals surface area contributed by atoms with Crippen molar-refractivity contribution < 1.29 is 9.84 Å². The van der Waals surface area contributed by atoms with Crippen LogP contribution in [0.3, 0.4) is 0 Å². The molecule has 1 aliphatic rings. The Labute approximate surface area is 102 Å². The molecule has 5 heteroatoms. The van der Waals surface area contributed by atoms with Crippen LogP contribution in [0, 0.1) is 0 Å². The first-order valence-electron chi connectivity index (χ1n) is 4.64. The summed E-state index contributed by atoms with van der Waals surface area (Å²) in [6, 6.07) is 5.50. The fourth-order valence-electron chi connectivity index (χ4n) is 1.49. The Hall–Kier alpha value is -0.290. The van der Waals surface area contributed by atoms with Gasteiger partial charge in [0.05, 0.1) is 36.1 Å². The fraction of sp³-hybridized carbons (Fsp3) is 0.400. The Balaban J connectivity index is 2.10. The van der Waals surface area contributed by atoms with Crippen LogP contribution < -0.4 is 5.32 Å². The standard InChI is InChI=1S/C10H11BrClNO2/c11-6-1-2-8(7(12)3-6)13-9-4-15-5-10(9)14/h1-3,9-10,13-14H,4-5H2. The molecule has 2 rings (SSSR count). The summed E-state index contributed by atoms with van der Waals surface area (Å²) in [6.07, 6.45) is -0.468. The molecule has 2 atom stereocenters. The summed E-state index contributed by atoms with van der Waals surface area (Å²) in [5.74, 6) is 0. The Morgan fingerprint density at radius 2 is 2.27 bits per heavy atom. The van der Waals surface area contributed by atoms with Crippen molar-refractivity contribution in [3.05, 3.63) is 27.7 Å². The lowest BCUT2D eigenvalue weighted by atomic mass is 10.2. The Kier molecular flexibility index (Phi) is 3.51. The predicted molar refractivity (Wildman–Crippen MR) is 63.4 cm³/mol. The lowest BCUT2D eigenvalue weighted by Gasteiger charge is -2.16. The molecule has 1 saturated heterocycles. The number of aliphatic hydroxyl groups is 1. The summed E-state index contributed by atoms with van der Waals surface area (Å²) < 4.78 is 6.07. The number of benzene rings is 1. The van der Waals surface area contributed by atoms with Crippen LogP contribution in [-0.2, 0) is 4.74 Å². The third kappa shape index (κ3) is 2.64. The van der Waals surface area contributed by atoms with E-state index in [-0.39, 0.29) is 6.04 Å². The third-order valence-electron chi connectivity index (χ3n) is 2.32. The van der Waals surface area contributed by atoms with E-state index in [0.717, 1.165) is 10.2 Å². The summed E-state index contributed by atoms with van der Waals surface area (Å²) in [5, 5.41) is 13.3. The van der Waals surface area contributed by atoms with E-state index in [4.69, 9.17) is 16.3 Å². The highest BCUT2D eigenvalue weighted by molar-refractivity contribution is 9.10. The summed E-state index contributed by atoms with van der Waals surface area (Å²) in [5.41, 5.74) is 0.814. The van der Waals surface area contributed by atoms with E-state index in [1.54, 1.807) is 0 Å². The summed E-state index contributed by atoms with van der Waals surface area (Å²) in [4.78, 5) is 0. The normalized spacial score (nSPS) is 25.5. The molecule has 0 saturated carbocycles. The van der Waals surface area contributed by atoms with Crippen LogP contribution in [0.2, 0.25) is 5.02 Å². The molecule has 0 radical (unpaired) electrons. The van der Waals surface area contributed by atoms with E-state index >= 15 is 0 Å². The molecule has 3 nitrogen and oxygen atoms in total. The van der Waals surface area contributed by atoms with Crippen LogP contribution in [-0.4, -0.2) is 30.5 Å². The zero-order valence-electron chi connectivity index (χ0n) is 7.91. The van der Waals surface area contributed by atoms with Crippen molar-refractivity contribution in [1.82, 2.24) is 0 Å². The highest BCUT2D eigenvalue weighted by atomic mass is 79.9. The van der Waals surface area contributed by atoms with Gasteiger partial charge in [-0.1, -0.05) is 27.5 Å². The maximum atomic E-state index is 9.56. The van der Waals surface area contributed by atoms with Gasteiger partial charge in [-0.25, -0.2) is 0 Å². The smallest absolute Gasteiger partial charge is 0.0996 e. The van der Waals surface area contributed by atoms with E-state index in [1.165, 1.54) is 0 Å². The molecule has 1 aromatic carbocycles. The number of nitrogens with one attached hydrogen (secondary N) is 1. The average Bonchev–Trinajstić information content (AvgIpc) is 2.57. The minimum absolute atomic E-state index is 0.0799. The number of ether oxygens (including phenoxy) is 1. The van der Waals surface area contributed by atoms with Gasteiger partial charge in [-0.2, -0.15) is 0 Å². The monoisotopic (exact) mass is 291 g/mol. The molecule has 1 aromatic rings. The molecule has 1 heterocycles. The van der Waals surface area contributed by atoms with Crippen molar-refractivity contribution in [2.45, 2.75) is 12.1 Å². The quantitative estimate of drug-likeness (QED) is 0.879. The third-order valence-corrected chi connectivity index (χ3v) is 3.13. The molecule has 0 aliphatic carbocycles. The Morgan fingerprint density at radius 3 is 2.87 bits per heavy atom. The molecular formula is C10H11BrClNO2. The van der Waals surface area contributed by atoms with Crippen molar-refractivity contribution >= 4 is 33.2 Å². The highest BCUT2D eigenvalue weighted by Gasteiger charge is 2.26. The first kappa shape index (κ1) is 11.2. The van der Waals surface area contributed by atoms with E-state index in [2.05, 4.69) is 21.2 Å². The molecule has 0 spiro atoms. The number of aliphatic hydroxyl groups excluding tert-OH is 1. The molecule has 0 amide bonds. The SMILES string of the molecule is OC1COCC1Nc1ccc(Br)cc1Cl. The van der Waals surface area contributed by atoms with Crippen molar-refractivity contribution in [3.8, 4) is 0 Å². The number of anilines is 1. The zero-order chi connectivity index (χ0) is 10.8. The van der Waals surface area contributed by atoms with Crippen LogP contribution in [0.5, 0.6) is 0 Å². The van der Waals surface area contributed by atoms with Gasteiger partial charge in [-0.15, -0.1) is 0 Å². The second-order valence-electron chi connectivity index (χ2n) is 3.48. The maximum absolute atomic E-state index is 9.56. The number of hydrogen-bond donors (Lipinski definition) is 2. The van der Waals surface area contributed by atoms with Gasteiger partial charge < -0.3 is 15.2 Å². The number of hydrogen-bond acceptors (Lipinski definition) is 3. The second-order valence-corrected chi connectivity index (χ2v) is 4.80. The first-order chi connectivity index (χ1) is 7.16.